The molecule has 0 amide bonds. The van der Waals surface area contributed by atoms with Crippen molar-refractivity contribution in [1.82, 2.24) is 0 Å². The number of unbranched alkanes of at least 4 members (excludes halogenated alkanes) is 2. The molecule has 0 aromatic rings. The number of ether oxygens (including phenoxy) is 15. The maximum Gasteiger partial charge on any atom is 0.303 e. The van der Waals surface area contributed by atoms with Gasteiger partial charge in [0.2, 0.25) is 0 Å². The summed E-state index contributed by atoms with van der Waals surface area (Å²) >= 11 is 0. The highest BCUT2D eigenvalue weighted by Crippen LogP contribution is 2.39. The second-order valence-electron chi connectivity index (χ2n) is 15.9. The summed E-state index contributed by atoms with van der Waals surface area (Å²) in [6.45, 7) is 9.59. The molecule has 0 radical (unpaired) electrons. The molecule has 0 bridgehead atoms. The molecule has 3 heterocycles. The number of azide groups is 1. The van der Waals surface area contributed by atoms with Gasteiger partial charge in [-0.3, -0.25) is 43.2 Å². The Bertz CT molecular complexity index is 1860. The van der Waals surface area contributed by atoms with Crippen LogP contribution in [0, 0.1) is 5.92 Å². The molecule has 69 heavy (non-hydrogen) atoms. The third-order valence-electron chi connectivity index (χ3n) is 10.2. The van der Waals surface area contributed by atoms with Gasteiger partial charge in [-0.1, -0.05) is 18.5 Å². The fraction of sp³-hybridized carbons (Fsp3) is 0.786. The van der Waals surface area contributed by atoms with Crippen LogP contribution in [0.5, 0.6) is 0 Å². The molecule has 3 fully saturated rings. The van der Waals surface area contributed by atoms with Gasteiger partial charge in [-0.2, -0.15) is 0 Å². The Balaban J connectivity index is 2.18. The number of carbonyl (C=O) groups excluding carboxylic acids is 9. The molecule has 6 unspecified atom stereocenters. The highest BCUT2D eigenvalue weighted by molar-refractivity contribution is 5.70. The van der Waals surface area contributed by atoms with Crippen LogP contribution in [0.15, 0.2) is 5.11 Å². The van der Waals surface area contributed by atoms with Gasteiger partial charge in [0.25, 0.3) is 0 Å². The lowest BCUT2D eigenvalue weighted by Crippen LogP contribution is -2.68. The molecule has 388 valence electrons. The number of esters is 9. The molecule has 27 heteroatoms. The monoisotopic (exact) mass is 991 g/mol. The molecule has 3 aliphatic heterocycles. The van der Waals surface area contributed by atoms with Gasteiger partial charge < -0.3 is 71.1 Å². The van der Waals surface area contributed by atoms with Crippen molar-refractivity contribution in [2.24, 2.45) is 11.0 Å². The minimum atomic E-state index is -1.93. The number of rotatable bonds is 23. The third-order valence-corrected chi connectivity index (χ3v) is 10.2. The van der Waals surface area contributed by atoms with Gasteiger partial charge in [0, 0.05) is 86.3 Å². The van der Waals surface area contributed by atoms with Crippen LogP contribution in [0.2, 0.25) is 0 Å². The van der Waals surface area contributed by atoms with Gasteiger partial charge in [-0.05, 0) is 18.4 Å². The molecule has 0 spiro atoms. The Labute approximate surface area is 396 Å². The van der Waals surface area contributed by atoms with Crippen LogP contribution < -0.4 is 0 Å². The van der Waals surface area contributed by atoms with Crippen molar-refractivity contribution in [3.05, 3.63) is 10.4 Å². The standard InChI is InChI=1S/C42H61N3O24/c1-19-32(29(16-56-20(2)46)65-40(33(19)59-23(5)49)55-15-13-11-12-14-44-45-43)68-41-39(64-28(10)54)37(62-26(8)52)35(31(67-41)18-58-22(4)48)69-42-38(63-27(9)53)36(61-25(7)51)34(60-24(6)50)30(66-42)17-57-21(3)47/h19,29-42H,11-18H2,1-10H3/t19-,29?,30?,31?,32-,33?,34+,35+,36-,37-,38?,39?,40+,41-,42-/m0/s1. The molecule has 3 rings (SSSR count). The van der Waals surface area contributed by atoms with Gasteiger partial charge in [0.15, 0.2) is 55.5 Å². The lowest BCUT2D eigenvalue weighted by Gasteiger charge is -2.50. The second kappa shape index (κ2) is 28.1. The summed E-state index contributed by atoms with van der Waals surface area (Å²) in [6, 6.07) is 0. The first kappa shape index (κ1) is 57.6. The van der Waals surface area contributed by atoms with E-state index in [9.17, 15) is 43.2 Å². The number of carbonyl (C=O) groups is 9. The predicted molar refractivity (Wildman–Crippen MR) is 222 cm³/mol. The quantitative estimate of drug-likeness (QED) is 0.0348. The van der Waals surface area contributed by atoms with E-state index >= 15 is 0 Å². The predicted octanol–water partition coefficient (Wildman–Crippen LogP) is 1.34. The molecule has 0 N–H and O–H groups in total. The maximum absolute atomic E-state index is 13.0. The average molecular weight is 992 g/mol. The zero-order chi connectivity index (χ0) is 51.5. The summed E-state index contributed by atoms with van der Waals surface area (Å²) in [5, 5.41) is 3.50. The summed E-state index contributed by atoms with van der Waals surface area (Å²) in [6.07, 6.45) is -20.7. The van der Waals surface area contributed by atoms with Gasteiger partial charge in [0.1, 0.15) is 44.2 Å². The van der Waals surface area contributed by atoms with Crippen LogP contribution >= 0.6 is 0 Å². The summed E-state index contributed by atoms with van der Waals surface area (Å²) in [5.74, 6) is -8.82. The van der Waals surface area contributed by atoms with E-state index in [2.05, 4.69) is 10.0 Å². The van der Waals surface area contributed by atoms with Crippen molar-refractivity contribution >= 4 is 53.7 Å². The van der Waals surface area contributed by atoms with E-state index in [-0.39, 0.29) is 13.2 Å². The second-order valence-corrected chi connectivity index (χ2v) is 15.9. The molecule has 0 aromatic heterocycles. The van der Waals surface area contributed by atoms with Crippen LogP contribution in [0.1, 0.15) is 88.5 Å². The summed E-state index contributed by atoms with van der Waals surface area (Å²) in [7, 11) is 0. The lowest BCUT2D eigenvalue weighted by atomic mass is 9.89. The van der Waals surface area contributed by atoms with E-state index in [1.165, 1.54) is 0 Å². The van der Waals surface area contributed by atoms with Gasteiger partial charge in [-0.25, -0.2) is 0 Å². The first-order valence-electron chi connectivity index (χ1n) is 21.9. The fourth-order valence-electron chi connectivity index (χ4n) is 7.58. The summed E-state index contributed by atoms with van der Waals surface area (Å²) in [5.41, 5.74) is 8.56. The molecule has 0 aliphatic carbocycles. The van der Waals surface area contributed by atoms with E-state index < -0.39 is 165 Å². The van der Waals surface area contributed by atoms with Crippen LogP contribution in [0.25, 0.3) is 10.4 Å². The smallest absolute Gasteiger partial charge is 0.303 e. The number of hydrogen-bond acceptors (Lipinski definition) is 25. The van der Waals surface area contributed by atoms with Crippen molar-refractivity contribution in [1.29, 1.82) is 0 Å². The molecule has 0 aromatic carbocycles. The average Bonchev–Trinajstić information content (AvgIpc) is 3.23. The van der Waals surface area contributed by atoms with Crippen molar-refractivity contribution in [2.75, 3.05) is 33.0 Å². The van der Waals surface area contributed by atoms with Crippen LogP contribution in [0.4, 0.5) is 0 Å². The first-order valence-corrected chi connectivity index (χ1v) is 21.9. The van der Waals surface area contributed by atoms with Crippen molar-refractivity contribution in [3.63, 3.8) is 0 Å². The minimum absolute atomic E-state index is 0.0975. The Morgan fingerprint density at radius 3 is 1.23 bits per heavy atom. The highest BCUT2D eigenvalue weighted by Gasteiger charge is 2.59. The van der Waals surface area contributed by atoms with E-state index in [0.717, 1.165) is 62.3 Å². The molecule has 15 atom stereocenters. The SMILES string of the molecule is CC(=O)OCC1O[C@@H](OCCCCCN=[N+]=[N-])C(OC(C)=O)[C@@H](C)[C@@H]1O[C@@H]1OC(COC(C)=O)[C@@H](O[C@@H]2OC(COC(C)=O)[C@@H](OC(C)=O)[C@H](OC(C)=O)C2OC(C)=O)[C@H](OC(C)=O)C1OC(C)=O. The molecule has 27 nitrogen and oxygen atoms in total. The van der Waals surface area contributed by atoms with Crippen LogP contribution in [-0.4, -0.2) is 173 Å². The summed E-state index contributed by atoms with van der Waals surface area (Å²) in [4.78, 5) is 115. The Morgan fingerprint density at radius 1 is 0.435 bits per heavy atom. The normalized spacial score (nSPS) is 30.7. The van der Waals surface area contributed by atoms with Crippen LogP contribution in [0.3, 0.4) is 0 Å². The van der Waals surface area contributed by atoms with Crippen molar-refractivity contribution in [3.8, 4) is 0 Å². The molecule has 0 saturated carbocycles. The largest absolute Gasteiger partial charge is 0.463 e. The van der Waals surface area contributed by atoms with Crippen molar-refractivity contribution < 1.29 is 114 Å². The van der Waals surface area contributed by atoms with Gasteiger partial charge in [0.05, 0.1) is 6.10 Å². The van der Waals surface area contributed by atoms with E-state index in [0.29, 0.717) is 19.3 Å². The van der Waals surface area contributed by atoms with Crippen LogP contribution in [-0.2, 0) is 114 Å². The van der Waals surface area contributed by atoms with E-state index in [4.69, 9.17) is 76.6 Å². The maximum atomic E-state index is 13.0. The zero-order valence-corrected chi connectivity index (χ0v) is 40.0. The van der Waals surface area contributed by atoms with Crippen molar-refractivity contribution in [2.45, 2.75) is 175 Å². The third kappa shape index (κ3) is 18.6. The molecule has 3 saturated heterocycles. The topological polar surface area (TPSA) is 341 Å². The molecular weight excluding hydrogens is 930 g/mol. The Hall–Kier alpha value is -5.70. The highest BCUT2D eigenvalue weighted by atomic mass is 16.8. The molecule has 3 aliphatic rings. The number of nitrogens with zero attached hydrogens (tertiary/aromatic N) is 3. The summed E-state index contributed by atoms with van der Waals surface area (Å²) < 4.78 is 87.2. The first-order chi connectivity index (χ1) is 32.5. The Kier molecular flexibility index (Phi) is 23.5. The lowest BCUT2D eigenvalue weighted by molar-refractivity contribution is -0.377. The van der Waals surface area contributed by atoms with Gasteiger partial charge in [-0.15, -0.1) is 0 Å². The minimum Gasteiger partial charge on any atom is -0.463 e. The number of hydrogen-bond donors (Lipinski definition) is 0. The van der Waals surface area contributed by atoms with E-state index in [1.54, 1.807) is 6.92 Å². The fourth-order valence-corrected chi connectivity index (χ4v) is 7.58. The molecular formula is C42H61N3O24. The Morgan fingerprint density at radius 2 is 0.797 bits per heavy atom. The van der Waals surface area contributed by atoms with Gasteiger partial charge >= 0.3 is 53.7 Å². The zero-order valence-electron chi connectivity index (χ0n) is 40.0. The van der Waals surface area contributed by atoms with E-state index in [1.807, 2.05) is 0 Å².